The number of unbranched alkanes of at least 4 members (excludes halogenated alkanes) is 7. The molecule has 0 bridgehead atoms. The molecule has 0 saturated heterocycles. The van der Waals surface area contributed by atoms with E-state index in [2.05, 4.69) is 21.3 Å². The molecule has 0 spiro atoms. The van der Waals surface area contributed by atoms with Gasteiger partial charge in [0, 0.05) is 37.1 Å². The number of nitriles is 2. The van der Waals surface area contributed by atoms with Crippen LogP contribution in [0.15, 0.2) is 49.1 Å². The molecule has 0 saturated carbocycles. The molecule has 0 aliphatic carbocycles. The molecular weight excluding hydrogens is 480 g/mol. The Morgan fingerprint density at radius 2 is 0.821 bits per heavy atom. The van der Waals surface area contributed by atoms with Crippen molar-refractivity contribution in [2.24, 2.45) is 0 Å². The number of halogens is 2. The van der Waals surface area contributed by atoms with Crippen molar-refractivity contribution in [3.05, 3.63) is 60.2 Å². The quantitative estimate of drug-likeness (QED) is 0.257. The van der Waals surface area contributed by atoms with Crippen LogP contribution < -0.4 is 43.1 Å². The average molecular weight is 508 g/mol. The van der Waals surface area contributed by atoms with E-state index in [0.717, 1.165) is 24.2 Å². The van der Waals surface area contributed by atoms with Gasteiger partial charge in [0.1, 0.15) is 13.1 Å². The van der Waals surface area contributed by atoms with E-state index >= 15 is 0 Å². The van der Waals surface area contributed by atoms with E-state index in [1.807, 2.05) is 49.1 Å². The second-order valence-corrected chi connectivity index (χ2v) is 6.70. The predicted octanol–water partition coefficient (Wildman–Crippen LogP) is -2.17. The van der Waals surface area contributed by atoms with Gasteiger partial charge in [0.25, 0.3) is 0 Å². The molecular formula is C22H28Br2N4. The fourth-order valence-electron chi connectivity index (χ4n) is 3.01. The van der Waals surface area contributed by atoms with Crippen LogP contribution >= 0.6 is 0 Å². The van der Waals surface area contributed by atoms with Crippen LogP contribution in [-0.2, 0) is 13.1 Å². The zero-order chi connectivity index (χ0) is 18.5. The van der Waals surface area contributed by atoms with Gasteiger partial charge in [-0.1, -0.05) is 25.7 Å². The van der Waals surface area contributed by atoms with E-state index in [9.17, 15) is 0 Å². The minimum absolute atomic E-state index is 0. The van der Waals surface area contributed by atoms with Gasteiger partial charge in [0.15, 0.2) is 24.8 Å². The van der Waals surface area contributed by atoms with Gasteiger partial charge in [-0.2, -0.15) is 10.5 Å². The highest BCUT2D eigenvalue weighted by molar-refractivity contribution is 5.24. The molecule has 0 radical (unpaired) electrons. The van der Waals surface area contributed by atoms with Crippen LogP contribution in [0.5, 0.6) is 0 Å². The van der Waals surface area contributed by atoms with E-state index in [1.165, 1.54) is 51.4 Å². The molecule has 0 aliphatic rings. The molecule has 28 heavy (non-hydrogen) atoms. The molecule has 0 unspecified atom stereocenters. The Hall–Kier alpha value is -1.76. The maximum atomic E-state index is 8.79. The number of nitrogens with zero attached hydrogens (tertiary/aromatic N) is 4. The number of pyridine rings is 2. The second-order valence-electron chi connectivity index (χ2n) is 6.70. The molecule has 2 heterocycles. The van der Waals surface area contributed by atoms with Crippen LogP contribution in [0.3, 0.4) is 0 Å². The SMILES string of the molecule is N#Cc1cc[n+](CCCCCCCCCC[n+]2ccc(C#N)cc2)cc1.[Br-].[Br-]. The first kappa shape index (κ1) is 26.2. The van der Waals surface area contributed by atoms with Crippen molar-refractivity contribution in [3.8, 4) is 12.1 Å². The van der Waals surface area contributed by atoms with Crippen LogP contribution in [0.25, 0.3) is 0 Å². The van der Waals surface area contributed by atoms with Crippen molar-refractivity contribution in [3.63, 3.8) is 0 Å². The molecule has 0 amide bonds. The highest BCUT2D eigenvalue weighted by Gasteiger charge is 2.02. The van der Waals surface area contributed by atoms with E-state index in [0.29, 0.717) is 0 Å². The van der Waals surface area contributed by atoms with Crippen LogP contribution in [-0.4, -0.2) is 0 Å². The largest absolute Gasteiger partial charge is 1.00 e. The summed E-state index contributed by atoms with van der Waals surface area (Å²) in [7, 11) is 0. The molecule has 150 valence electrons. The summed E-state index contributed by atoms with van der Waals surface area (Å²) in [6.07, 6.45) is 18.2. The number of hydrogen-bond donors (Lipinski definition) is 0. The lowest BCUT2D eigenvalue weighted by Crippen LogP contribution is -3.00. The summed E-state index contributed by atoms with van der Waals surface area (Å²) < 4.78 is 4.31. The van der Waals surface area contributed by atoms with Gasteiger partial charge >= 0.3 is 0 Å². The average Bonchev–Trinajstić information content (AvgIpc) is 2.70. The highest BCUT2D eigenvalue weighted by Crippen LogP contribution is 2.08. The van der Waals surface area contributed by atoms with Crippen molar-refractivity contribution in [2.75, 3.05) is 0 Å². The first-order chi connectivity index (χ1) is 12.8. The van der Waals surface area contributed by atoms with Gasteiger partial charge in [-0.25, -0.2) is 9.13 Å². The molecule has 0 aromatic carbocycles. The standard InChI is InChI=1S/C22H28N4.2BrH/c23-19-21-9-15-25(16-10-21)13-7-5-3-1-2-4-6-8-14-26-17-11-22(20-24)12-18-26;;/h9-12,15-18H,1-8,13-14H2;2*1H/q+2;;/p-2. The first-order valence-corrected chi connectivity index (χ1v) is 9.60. The van der Waals surface area contributed by atoms with Gasteiger partial charge in [0.2, 0.25) is 0 Å². The Balaban J connectivity index is 0.00000364. The Bertz CT molecular complexity index is 666. The Kier molecular flexibility index (Phi) is 15.2. The van der Waals surface area contributed by atoms with Gasteiger partial charge in [-0.15, -0.1) is 0 Å². The monoisotopic (exact) mass is 506 g/mol. The Morgan fingerprint density at radius 1 is 0.536 bits per heavy atom. The van der Waals surface area contributed by atoms with Crippen molar-refractivity contribution in [1.29, 1.82) is 10.5 Å². The molecule has 6 heteroatoms. The van der Waals surface area contributed by atoms with Gasteiger partial charge in [-0.05, 0) is 12.8 Å². The normalized spacial score (nSPS) is 9.50. The summed E-state index contributed by atoms with van der Waals surface area (Å²) in [6.45, 7) is 2.07. The molecule has 4 nitrogen and oxygen atoms in total. The molecule has 2 aromatic heterocycles. The molecule has 2 rings (SSSR count). The van der Waals surface area contributed by atoms with Crippen LogP contribution in [0, 0.1) is 22.7 Å². The fourth-order valence-corrected chi connectivity index (χ4v) is 3.01. The van der Waals surface area contributed by atoms with Crippen molar-refractivity contribution < 1.29 is 43.1 Å². The third kappa shape index (κ3) is 10.5. The zero-order valence-electron chi connectivity index (χ0n) is 16.2. The summed E-state index contributed by atoms with van der Waals surface area (Å²) in [4.78, 5) is 0. The zero-order valence-corrected chi connectivity index (χ0v) is 19.4. The lowest BCUT2D eigenvalue weighted by molar-refractivity contribution is -0.697. The topological polar surface area (TPSA) is 55.3 Å². The molecule has 0 N–H and O–H groups in total. The number of aromatic nitrogens is 2. The van der Waals surface area contributed by atoms with Crippen LogP contribution in [0.1, 0.15) is 62.5 Å². The first-order valence-electron chi connectivity index (χ1n) is 9.60. The summed E-state index contributed by atoms with van der Waals surface area (Å²) in [6, 6.07) is 11.8. The molecule has 0 atom stereocenters. The highest BCUT2D eigenvalue weighted by atomic mass is 79.9. The molecule has 2 aromatic rings. The fraction of sp³-hybridized carbons (Fsp3) is 0.455. The van der Waals surface area contributed by atoms with E-state index in [4.69, 9.17) is 10.5 Å². The lowest BCUT2D eigenvalue weighted by Gasteiger charge is -2.01. The minimum atomic E-state index is 0. The van der Waals surface area contributed by atoms with Crippen molar-refractivity contribution >= 4 is 0 Å². The molecule has 0 aliphatic heterocycles. The van der Waals surface area contributed by atoms with Crippen LogP contribution in [0.4, 0.5) is 0 Å². The number of rotatable bonds is 11. The van der Waals surface area contributed by atoms with E-state index in [-0.39, 0.29) is 34.0 Å². The van der Waals surface area contributed by atoms with Gasteiger partial charge in [-0.3, -0.25) is 0 Å². The summed E-state index contributed by atoms with van der Waals surface area (Å²) in [5.41, 5.74) is 1.44. The van der Waals surface area contributed by atoms with E-state index in [1.54, 1.807) is 0 Å². The maximum absolute atomic E-state index is 8.79. The number of hydrogen-bond acceptors (Lipinski definition) is 2. The summed E-state index contributed by atoms with van der Waals surface area (Å²) >= 11 is 0. The Morgan fingerprint density at radius 3 is 1.11 bits per heavy atom. The number of aryl methyl sites for hydroxylation is 2. The third-order valence-corrected chi connectivity index (χ3v) is 4.62. The predicted molar refractivity (Wildman–Crippen MR) is 99.6 cm³/mol. The second kappa shape index (κ2) is 16.2. The van der Waals surface area contributed by atoms with Crippen LogP contribution in [0.2, 0.25) is 0 Å². The third-order valence-electron chi connectivity index (χ3n) is 4.62. The van der Waals surface area contributed by atoms with Crippen molar-refractivity contribution in [2.45, 2.75) is 64.5 Å². The van der Waals surface area contributed by atoms with Gasteiger partial charge in [0.05, 0.1) is 23.3 Å². The van der Waals surface area contributed by atoms with E-state index < -0.39 is 0 Å². The minimum Gasteiger partial charge on any atom is -1.00 e. The lowest BCUT2D eigenvalue weighted by atomic mass is 10.1. The van der Waals surface area contributed by atoms with Gasteiger partial charge < -0.3 is 34.0 Å². The Labute approximate surface area is 190 Å². The maximum Gasteiger partial charge on any atom is 0.170 e. The molecule has 0 fully saturated rings. The summed E-state index contributed by atoms with van der Waals surface area (Å²) in [5, 5.41) is 17.6. The smallest absolute Gasteiger partial charge is 0.170 e. The van der Waals surface area contributed by atoms with Crippen molar-refractivity contribution in [1.82, 2.24) is 0 Å². The summed E-state index contributed by atoms with van der Waals surface area (Å²) in [5.74, 6) is 0.